The molecule has 0 saturated heterocycles. The Morgan fingerprint density at radius 3 is 2.96 bits per heavy atom. The number of aromatic nitrogens is 7. The van der Waals surface area contributed by atoms with E-state index in [2.05, 4.69) is 48.4 Å². The van der Waals surface area contributed by atoms with Gasteiger partial charge in [-0.25, -0.2) is 4.98 Å². The number of hydrogen-bond donors (Lipinski definition) is 1. The van der Waals surface area contributed by atoms with Gasteiger partial charge in [0.05, 0.1) is 24.1 Å². The Balaban J connectivity index is 1.52. The number of nitrogens with one attached hydrogen (secondary N) is 1. The number of aryl methyl sites for hydroxylation is 2. The summed E-state index contributed by atoms with van der Waals surface area (Å²) in [4.78, 5) is 6.86. The van der Waals surface area contributed by atoms with Crippen LogP contribution < -0.4 is 0 Å². The largest absolute Gasteiger partial charge is 0.291 e. The predicted molar refractivity (Wildman–Crippen MR) is 87.8 cm³/mol. The SMILES string of the molecule is CCc1n[nH]c(CN2CCc3nnc(-c4cnn(C)c4)cc3C2)n1. The number of hydrogen-bond acceptors (Lipinski definition) is 6. The molecular weight excluding hydrogens is 304 g/mol. The molecule has 1 aliphatic heterocycles. The molecule has 3 aromatic heterocycles. The second-order valence-corrected chi connectivity index (χ2v) is 6.12. The van der Waals surface area contributed by atoms with Crippen molar-refractivity contribution in [1.29, 1.82) is 0 Å². The lowest BCUT2D eigenvalue weighted by atomic mass is 10.0. The van der Waals surface area contributed by atoms with Crippen LogP contribution in [0.1, 0.15) is 29.8 Å². The normalized spacial score (nSPS) is 14.8. The highest BCUT2D eigenvalue weighted by Gasteiger charge is 2.20. The lowest BCUT2D eigenvalue weighted by molar-refractivity contribution is 0.237. The quantitative estimate of drug-likeness (QED) is 0.773. The summed E-state index contributed by atoms with van der Waals surface area (Å²) in [5.74, 6) is 1.79. The molecule has 0 aromatic carbocycles. The third-order valence-electron chi connectivity index (χ3n) is 4.29. The number of fused-ring (bicyclic) bond motifs is 1. The van der Waals surface area contributed by atoms with Crippen LogP contribution in [0.5, 0.6) is 0 Å². The Kier molecular flexibility index (Phi) is 3.81. The molecule has 3 aromatic rings. The van der Waals surface area contributed by atoms with Crippen LogP contribution in [-0.4, -0.2) is 46.6 Å². The molecule has 8 heteroatoms. The van der Waals surface area contributed by atoms with Gasteiger partial charge in [-0.2, -0.15) is 20.4 Å². The Morgan fingerprint density at radius 2 is 2.21 bits per heavy atom. The summed E-state index contributed by atoms with van der Waals surface area (Å²) in [5, 5.41) is 20.2. The van der Waals surface area contributed by atoms with Crippen LogP contribution >= 0.6 is 0 Å². The lowest BCUT2D eigenvalue weighted by Gasteiger charge is -2.26. The average Bonchev–Trinajstić information content (AvgIpc) is 3.23. The minimum atomic E-state index is 0.775. The zero-order valence-electron chi connectivity index (χ0n) is 13.9. The van der Waals surface area contributed by atoms with Crippen LogP contribution in [0.2, 0.25) is 0 Å². The maximum atomic E-state index is 4.50. The molecule has 0 atom stereocenters. The summed E-state index contributed by atoms with van der Waals surface area (Å²) in [6, 6.07) is 2.13. The molecule has 0 radical (unpaired) electrons. The van der Waals surface area contributed by atoms with E-state index in [0.29, 0.717) is 0 Å². The summed E-state index contributed by atoms with van der Waals surface area (Å²) in [6.07, 6.45) is 5.53. The Morgan fingerprint density at radius 1 is 1.29 bits per heavy atom. The van der Waals surface area contributed by atoms with E-state index < -0.39 is 0 Å². The first-order valence-corrected chi connectivity index (χ1v) is 8.18. The van der Waals surface area contributed by atoms with Crippen LogP contribution in [0.3, 0.4) is 0 Å². The molecule has 0 fully saturated rings. The minimum Gasteiger partial charge on any atom is -0.291 e. The fourth-order valence-electron chi connectivity index (χ4n) is 2.99. The fourth-order valence-corrected chi connectivity index (χ4v) is 2.99. The van der Waals surface area contributed by atoms with Crippen molar-refractivity contribution in [2.45, 2.75) is 32.9 Å². The lowest BCUT2D eigenvalue weighted by Crippen LogP contribution is -2.31. The van der Waals surface area contributed by atoms with Crippen LogP contribution in [0.25, 0.3) is 11.3 Å². The van der Waals surface area contributed by atoms with Crippen molar-refractivity contribution in [3.05, 3.63) is 41.4 Å². The molecule has 1 aliphatic rings. The van der Waals surface area contributed by atoms with Gasteiger partial charge in [-0.05, 0) is 11.6 Å². The molecular formula is C16H20N8. The molecule has 8 nitrogen and oxygen atoms in total. The highest BCUT2D eigenvalue weighted by molar-refractivity contribution is 5.57. The second kappa shape index (κ2) is 6.12. The average molecular weight is 324 g/mol. The predicted octanol–water partition coefficient (Wildman–Crippen LogP) is 1.12. The standard InChI is InChI=1S/C16H20N8/c1-3-15-18-16(22-21-15)10-24-5-4-13-11(9-24)6-14(20-19-13)12-7-17-23(2)8-12/h6-8H,3-5,9-10H2,1-2H3,(H,18,21,22). The van der Waals surface area contributed by atoms with E-state index >= 15 is 0 Å². The van der Waals surface area contributed by atoms with Gasteiger partial charge >= 0.3 is 0 Å². The minimum absolute atomic E-state index is 0.775. The van der Waals surface area contributed by atoms with Crippen molar-refractivity contribution in [3.63, 3.8) is 0 Å². The second-order valence-electron chi connectivity index (χ2n) is 6.12. The molecule has 1 N–H and O–H groups in total. The third-order valence-corrected chi connectivity index (χ3v) is 4.29. The smallest absolute Gasteiger partial charge is 0.150 e. The van der Waals surface area contributed by atoms with Crippen molar-refractivity contribution in [2.75, 3.05) is 6.54 Å². The van der Waals surface area contributed by atoms with Gasteiger partial charge in [0.2, 0.25) is 0 Å². The number of H-pyrrole nitrogens is 1. The number of nitrogens with zero attached hydrogens (tertiary/aromatic N) is 7. The Bertz CT molecular complexity index is 849. The third kappa shape index (κ3) is 2.92. The molecule has 124 valence electrons. The molecule has 0 unspecified atom stereocenters. The maximum absolute atomic E-state index is 4.50. The maximum Gasteiger partial charge on any atom is 0.150 e. The van der Waals surface area contributed by atoms with E-state index in [4.69, 9.17) is 0 Å². The van der Waals surface area contributed by atoms with Crippen LogP contribution in [-0.2, 0) is 33.0 Å². The van der Waals surface area contributed by atoms with Crippen molar-refractivity contribution >= 4 is 0 Å². The Labute approximate surface area is 139 Å². The molecule has 4 heterocycles. The molecule has 0 aliphatic carbocycles. The molecule has 0 saturated carbocycles. The first kappa shape index (κ1) is 14.9. The van der Waals surface area contributed by atoms with E-state index in [1.807, 2.05) is 19.4 Å². The van der Waals surface area contributed by atoms with Gasteiger partial charge in [-0.3, -0.25) is 14.7 Å². The number of rotatable bonds is 4. The van der Waals surface area contributed by atoms with Gasteiger partial charge in [0.15, 0.2) is 0 Å². The van der Waals surface area contributed by atoms with Crippen LogP contribution in [0, 0.1) is 0 Å². The van der Waals surface area contributed by atoms with Crippen LogP contribution in [0.4, 0.5) is 0 Å². The van der Waals surface area contributed by atoms with Gasteiger partial charge in [-0.15, -0.1) is 0 Å². The molecule has 24 heavy (non-hydrogen) atoms. The van der Waals surface area contributed by atoms with Crippen molar-refractivity contribution < 1.29 is 0 Å². The summed E-state index contributed by atoms with van der Waals surface area (Å²) in [5.41, 5.74) is 4.18. The van der Waals surface area contributed by atoms with Gasteiger partial charge in [0.1, 0.15) is 11.6 Å². The molecule has 0 spiro atoms. The number of aromatic amines is 1. The zero-order valence-corrected chi connectivity index (χ0v) is 13.9. The summed E-state index contributed by atoms with van der Waals surface area (Å²) in [7, 11) is 1.90. The summed E-state index contributed by atoms with van der Waals surface area (Å²) in [6.45, 7) is 4.63. The van der Waals surface area contributed by atoms with Crippen molar-refractivity contribution in [2.24, 2.45) is 7.05 Å². The molecule has 0 bridgehead atoms. The highest BCUT2D eigenvalue weighted by Crippen LogP contribution is 2.22. The van der Waals surface area contributed by atoms with Gasteiger partial charge in [0.25, 0.3) is 0 Å². The summed E-state index contributed by atoms with van der Waals surface area (Å²) < 4.78 is 1.78. The molecule has 4 rings (SSSR count). The van der Waals surface area contributed by atoms with Gasteiger partial charge in [0, 0.05) is 44.7 Å². The van der Waals surface area contributed by atoms with Crippen molar-refractivity contribution in [3.8, 4) is 11.3 Å². The Hall–Kier alpha value is -2.61. The van der Waals surface area contributed by atoms with E-state index in [1.54, 1.807) is 4.68 Å². The monoisotopic (exact) mass is 324 g/mol. The van der Waals surface area contributed by atoms with Gasteiger partial charge in [-0.1, -0.05) is 6.92 Å². The van der Waals surface area contributed by atoms with E-state index in [1.165, 1.54) is 5.56 Å². The van der Waals surface area contributed by atoms with E-state index in [-0.39, 0.29) is 0 Å². The summed E-state index contributed by atoms with van der Waals surface area (Å²) >= 11 is 0. The highest BCUT2D eigenvalue weighted by atomic mass is 15.3. The molecule has 0 amide bonds. The van der Waals surface area contributed by atoms with E-state index in [0.717, 1.165) is 61.1 Å². The fraction of sp³-hybridized carbons (Fsp3) is 0.438. The van der Waals surface area contributed by atoms with Gasteiger partial charge < -0.3 is 0 Å². The topological polar surface area (TPSA) is 88.4 Å². The zero-order chi connectivity index (χ0) is 16.5. The first-order chi connectivity index (χ1) is 11.7. The van der Waals surface area contributed by atoms with Crippen molar-refractivity contribution in [1.82, 2.24) is 40.1 Å². The first-order valence-electron chi connectivity index (χ1n) is 8.18. The van der Waals surface area contributed by atoms with Crippen LogP contribution in [0.15, 0.2) is 18.5 Å². The van der Waals surface area contributed by atoms with E-state index in [9.17, 15) is 0 Å².